The first kappa shape index (κ1) is 33.0. The number of hydrogen-bond donors (Lipinski definition) is 3. The second kappa shape index (κ2) is 15.1. The van der Waals surface area contributed by atoms with Crippen LogP contribution in [0.1, 0.15) is 75.7 Å². The Kier molecular flexibility index (Phi) is 11.9. The summed E-state index contributed by atoms with van der Waals surface area (Å²) in [6, 6.07) is 6.21. The second-order valence-corrected chi connectivity index (χ2v) is 12.0. The maximum Gasteiger partial charge on any atom is 0.410 e. The SMILES string of the molecule is CC(CC(=O)c1ccc(/C(N)=N/O)cc1)C(=O)[C@H](OC(=O)COC1CCNCC1)C1CCN(C(=O)OC(C)(C)C)CC1. The highest BCUT2D eigenvalue weighted by molar-refractivity contribution is 6.01. The highest BCUT2D eigenvalue weighted by atomic mass is 16.6. The Morgan fingerprint density at radius 2 is 1.64 bits per heavy atom. The van der Waals surface area contributed by atoms with E-state index in [1.54, 1.807) is 56.9 Å². The molecular weight excluding hydrogens is 544 g/mol. The number of benzene rings is 1. The molecule has 4 N–H and O–H groups in total. The molecule has 12 nitrogen and oxygen atoms in total. The van der Waals surface area contributed by atoms with Crippen LogP contribution in [0, 0.1) is 11.8 Å². The lowest BCUT2D eigenvalue weighted by Crippen LogP contribution is -2.47. The van der Waals surface area contributed by atoms with Crippen molar-refractivity contribution in [2.24, 2.45) is 22.7 Å². The minimum atomic E-state index is -1.07. The third-order valence-electron chi connectivity index (χ3n) is 7.47. The zero-order valence-electron chi connectivity index (χ0n) is 25.0. The Balaban J connectivity index is 1.66. The fourth-order valence-corrected chi connectivity index (χ4v) is 5.08. The normalized spacial score (nSPS) is 18.7. The van der Waals surface area contributed by atoms with E-state index in [9.17, 15) is 19.2 Å². The molecule has 0 bridgehead atoms. The molecule has 12 heteroatoms. The van der Waals surface area contributed by atoms with Gasteiger partial charge in [-0.25, -0.2) is 9.59 Å². The smallest absolute Gasteiger partial charge is 0.410 e. The van der Waals surface area contributed by atoms with E-state index in [0.29, 0.717) is 37.1 Å². The van der Waals surface area contributed by atoms with Crippen LogP contribution in [0.15, 0.2) is 29.4 Å². The average Bonchev–Trinajstić information content (AvgIpc) is 2.97. The van der Waals surface area contributed by atoms with E-state index in [2.05, 4.69) is 10.5 Å². The van der Waals surface area contributed by atoms with Gasteiger partial charge in [0, 0.05) is 42.5 Å². The Hall–Kier alpha value is -3.51. The van der Waals surface area contributed by atoms with Crippen molar-refractivity contribution in [1.82, 2.24) is 10.2 Å². The van der Waals surface area contributed by atoms with Crippen molar-refractivity contribution in [3.63, 3.8) is 0 Å². The van der Waals surface area contributed by atoms with E-state index >= 15 is 0 Å². The van der Waals surface area contributed by atoms with E-state index in [1.165, 1.54) is 0 Å². The minimum Gasteiger partial charge on any atom is -0.452 e. The minimum absolute atomic E-state index is 0.0491. The monoisotopic (exact) mass is 588 g/mol. The lowest BCUT2D eigenvalue weighted by molar-refractivity contribution is -0.166. The van der Waals surface area contributed by atoms with Crippen molar-refractivity contribution in [2.75, 3.05) is 32.8 Å². The zero-order valence-corrected chi connectivity index (χ0v) is 25.0. The number of carbonyl (C=O) groups is 4. The molecule has 0 spiro atoms. The van der Waals surface area contributed by atoms with Gasteiger partial charge in [0.2, 0.25) is 0 Å². The summed E-state index contributed by atoms with van der Waals surface area (Å²) in [6.45, 7) is 9.12. The summed E-state index contributed by atoms with van der Waals surface area (Å²) in [5.74, 6) is -2.36. The number of hydrogen-bond acceptors (Lipinski definition) is 10. The van der Waals surface area contributed by atoms with Gasteiger partial charge in [-0.1, -0.05) is 36.3 Å². The van der Waals surface area contributed by atoms with Crippen LogP contribution < -0.4 is 11.1 Å². The molecule has 2 saturated heterocycles. The lowest BCUT2D eigenvalue weighted by atomic mass is 9.83. The van der Waals surface area contributed by atoms with Gasteiger partial charge < -0.3 is 35.4 Å². The number of likely N-dealkylation sites (tertiary alicyclic amines) is 1. The predicted octanol–water partition coefficient (Wildman–Crippen LogP) is 2.89. The molecule has 2 atom stereocenters. The number of carbonyl (C=O) groups excluding carboxylic acids is 4. The van der Waals surface area contributed by atoms with Crippen molar-refractivity contribution in [3.8, 4) is 0 Å². The number of amides is 1. The van der Waals surface area contributed by atoms with Crippen molar-refractivity contribution in [2.45, 2.75) is 77.6 Å². The summed E-state index contributed by atoms with van der Waals surface area (Å²) < 4.78 is 17.0. The highest BCUT2D eigenvalue weighted by Crippen LogP contribution is 2.28. The fourth-order valence-electron chi connectivity index (χ4n) is 5.08. The third-order valence-corrected chi connectivity index (χ3v) is 7.47. The number of amidine groups is 1. The number of oxime groups is 1. The molecule has 2 aliphatic heterocycles. The van der Waals surface area contributed by atoms with Crippen LogP contribution in [-0.2, 0) is 23.8 Å². The molecule has 1 unspecified atom stereocenters. The largest absolute Gasteiger partial charge is 0.452 e. The maximum atomic E-state index is 13.7. The summed E-state index contributed by atoms with van der Waals surface area (Å²) in [7, 11) is 0. The molecule has 3 rings (SSSR count). The van der Waals surface area contributed by atoms with Crippen LogP contribution in [0.4, 0.5) is 4.79 Å². The number of piperidine rings is 2. The number of nitrogens with zero attached hydrogens (tertiary/aromatic N) is 2. The first-order valence-electron chi connectivity index (χ1n) is 14.5. The number of esters is 1. The molecule has 0 aliphatic carbocycles. The van der Waals surface area contributed by atoms with Crippen LogP contribution in [0.25, 0.3) is 0 Å². The van der Waals surface area contributed by atoms with Gasteiger partial charge in [-0.15, -0.1) is 0 Å². The van der Waals surface area contributed by atoms with E-state index in [-0.39, 0.29) is 42.5 Å². The molecule has 232 valence electrons. The van der Waals surface area contributed by atoms with Crippen LogP contribution >= 0.6 is 0 Å². The summed E-state index contributed by atoms with van der Waals surface area (Å²) in [5.41, 5.74) is 5.79. The number of ether oxygens (including phenoxy) is 3. The molecule has 0 radical (unpaired) electrons. The van der Waals surface area contributed by atoms with Gasteiger partial charge in [0.25, 0.3) is 0 Å². The van der Waals surface area contributed by atoms with Crippen molar-refractivity contribution in [3.05, 3.63) is 35.4 Å². The Morgan fingerprint density at radius 3 is 2.21 bits per heavy atom. The van der Waals surface area contributed by atoms with Gasteiger partial charge in [-0.2, -0.15) is 0 Å². The first-order valence-corrected chi connectivity index (χ1v) is 14.5. The first-order chi connectivity index (χ1) is 19.9. The molecule has 2 aliphatic rings. The quantitative estimate of drug-likeness (QED) is 0.0872. The van der Waals surface area contributed by atoms with Crippen molar-refractivity contribution < 1.29 is 38.6 Å². The Bertz CT molecular complexity index is 1120. The summed E-state index contributed by atoms with van der Waals surface area (Å²) >= 11 is 0. The van der Waals surface area contributed by atoms with Gasteiger partial charge in [0.1, 0.15) is 12.2 Å². The third kappa shape index (κ3) is 9.80. The number of ketones is 2. The van der Waals surface area contributed by atoms with Gasteiger partial charge in [0.15, 0.2) is 23.5 Å². The number of Topliss-reactive ketones (excluding diaryl/α,β-unsaturated/α-hetero) is 2. The van der Waals surface area contributed by atoms with Crippen LogP contribution in [0.2, 0.25) is 0 Å². The zero-order chi connectivity index (χ0) is 30.9. The number of nitrogens with two attached hydrogens (primary N) is 1. The second-order valence-electron chi connectivity index (χ2n) is 12.0. The van der Waals surface area contributed by atoms with Gasteiger partial charge in [-0.3, -0.25) is 9.59 Å². The highest BCUT2D eigenvalue weighted by Gasteiger charge is 2.38. The average molecular weight is 589 g/mol. The van der Waals surface area contributed by atoms with Gasteiger partial charge in [0.05, 0.1) is 6.10 Å². The molecule has 2 heterocycles. The van der Waals surface area contributed by atoms with Crippen LogP contribution in [-0.4, -0.2) is 90.2 Å². The van der Waals surface area contributed by atoms with E-state index in [1.807, 2.05) is 0 Å². The van der Waals surface area contributed by atoms with Crippen LogP contribution in [0.3, 0.4) is 0 Å². The topological polar surface area (TPSA) is 170 Å². The van der Waals surface area contributed by atoms with E-state index < -0.39 is 29.7 Å². The fraction of sp³-hybridized carbons (Fsp3) is 0.633. The molecule has 0 saturated carbocycles. The van der Waals surface area contributed by atoms with Crippen molar-refractivity contribution in [1.29, 1.82) is 0 Å². The molecular formula is C30H44N4O8. The van der Waals surface area contributed by atoms with Crippen LogP contribution in [0.5, 0.6) is 0 Å². The predicted molar refractivity (Wildman–Crippen MR) is 154 cm³/mol. The van der Waals surface area contributed by atoms with Gasteiger partial charge in [-0.05, 0) is 59.5 Å². The van der Waals surface area contributed by atoms with E-state index in [0.717, 1.165) is 25.9 Å². The standard InChI is InChI=1S/C30H44N4O8/c1-19(17-24(35)20-5-7-22(8-6-20)28(31)33-39)26(37)27(41-25(36)18-40-23-9-13-32-14-10-23)21-11-15-34(16-12-21)29(38)42-30(2,3)4/h5-8,19,21,23,27,32,39H,9-18H2,1-4H3,(H2,31,33)/t19?,27-/m1/s1. The number of nitrogens with one attached hydrogen (secondary N) is 1. The molecule has 1 aromatic rings. The lowest BCUT2D eigenvalue weighted by Gasteiger charge is -2.36. The summed E-state index contributed by atoms with van der Waals surface area (Å²) in [4.78, 5) is 53.7. The van der Waals surface area contributed by atoms with Gasteiger partial charge >= 0.3 is 12.1 Å². The maximum absolute atomic E-state index is 13.7. The molecule has 42 heavy (non-hydrogen) atoms. The Labute approximate surface area is 246 Å². The molecule has 1 aromatic carbocycles. The molecule has 2 fully saturated rings. The Morgan fingerprint density at radius 1 is 1.05 bits per heavy atom. The molecule has 0 aromatic heterocycles. The number of rotatable bonds is 11. The van der Waals surface area contributed by atoms with E-state index in [4.69, 9.17) is 25.2 Å². The molecule has 1 amide bonds. The summed E-state index contributed by atoms with van der Waals surface area (Å²) in [5, 5.41) is 15.0. The van der Waals surface area contributed by atoms with Crippen molar-refractivity contribution >= 4 is 29.5 Å². The summed E-state index contributed by atoms with van der Waals surface area (Å²) in [6.07, 6.45) is 0.831.